The van der Waals surface area contributed by atoms with Crippen LogP contribution in [0.15, 0.2) is 23.2 Å². The van der Waals surface area contributed by atoms with E-state index in [4.69, 9.17) is 14.2 Å². The summed E-state index contributed by atoms with van der Waals surface area (Å²) < 4.78 is 15.9. The Morgan fingerprint density at radius 1 is 1.13 bits per heavy atom. The maximum Gasteiger partial charge on any atom is 0.231 e. The molecular weight excluding hydrogens is 194 g/mol. The van der Waals surface area contributed by atoms with Crippen LogP contribution in [0, 0.1) is 0 Å². The van der Waals surface area contributed by atoms with Gasteiger partial charge in [0.1, 0.15) is 6.61 Å². The molecule has 0 aliphatic carbocycles. The molecular formula is C11H11NO3. The number of fused-ring (bicyclic) bond motifs is 1. The molecule has 0 radical (unpaired) electrons. The van der Waals surface area contributed by atoms with Crippen LogP contribution in [0.3, 0.4) is 0 Å². The van der Waals surface area contributed by atoms with E-state index >= 15 is 0 Å². The van der Waals surface area contributed by atoms with Gasteiger partial charge in [0.2, 0.25) is 6.79 Å². The molecule has 2 heterocycles. The number of ether oxygens (including phenoxy) is 3. The van der Waals surface area contributed by atoms with Crippen LogP contribution in [0.25, 0.3) is 0 Å². The Morgan fingerprint density at radius 2 is 2.07 bits per heavy atom. The molecule has 4 heteroatoms. The van der Waals surface area contributed by atoms with Crippen molar-refractivity contribution in [1.82, 2.24) is 0 Å². The average molecular weight is 205 g/mol. The van der Waals surface area contributed by atoms with Crippen molar-refractivity contribution in [3.8, 4) is 11.5 Å². The van der Waals surface area contributed by atoms with Crippen molar-refractivity contribution in [2.24, 2.45) is 4.99 Å². The Bertz CT molecular complexity index is 414. The summed E-state index contributed by atoms with van der Waals surface area (Å²) in [5, 5.41) is 0. The predicted molar refractivity (Wildman–Crippen MR) is 54.5 cm³/mol. The van der Waals surface area contributed by atoms with Gasteiger partial charge in [0.05, 0.1) is 6.54 Å². The minimum atomic E-state index is 0.316. The Labute approximate surface area is 87.5 Å². The molecule has 0 fully saturated rings. The lowest BCUT2D eigenvalue weighted by Crippen LogP contribution is -2.02. The molecule has 0 saturated heterocycles. The van der Waals surface area contributed by atoms with E-state index in [1.54, 1.807) is 0 Å². The highest BCUT2D eigenvalue weighted by Gasteiger charge is 2.15. The summed E-state index contributed by atoms with van der Waals surface area (Å²) in [5.74, 6) is 2.44. The van der Waals surface area contributed by atoms with Crippen LogP contribution in [0.4, 0.5) is 0 Å². The van der Waals surface area contributed by atoms with Crippen molar-refractivity contribution < 1.29 is 14.2 Å². The van der Waals surface area contributed by atoms with Gasteiger partial charge in [-0.1, -0.05) is 6.07 Å². The highest BCUT2D eigenvalue weighted by Crippen LogP contribution is 2.32. The molecule has 2 aliphatic rings. The normalized spacial score (nSPS) is 17.5. The van der Waals surface area contributed by atoms with Crippen LogP contribution in [-0.2, 0) is 11.2 Å². The van der Waals surface area contributed by atoms with E-state index in [9.17, 15) is 0 Å². The SMILES string of the molecule is c1cc2c(cc1CC1=NCCO1)OCO2. The van der Waals surface area contributed by atoms with Crippen molar-refractivity contribution >= 4 is 5.90 Å². The minimum absolute atomic E-state index is 0.316. The predicted octanol–water partition coefficient (Wildman–Crippen LogP) is 1.39. The zero-order chi connectivity index (χ0) is 10.1. The van der Waals surface area contributed by atoms with Gasteiger partial charge in [0.15, 0.2) is 17.4 Å². The van der Waals surface area contributed by atoms with E-state index in [-0.39, 0.29) is 0 Å². The van der Waals surface area contributed by atoms with Crippen molar-refractivity contribution in [2.75, 3.05) is 19.9 Å². The first-order chi connectivity index (χ1) is 7.42. The number of nitrogens with zero attached hydrogens (tertiary/aromatic N) is 1. The Morgan fingerprint density at radius 3 is 2.93 bits per heavy atom. The quantitative estimate of drug-likeness (QED) is 0.732. The Hall–Kier alpha value is -1.71. The molecule has 15 heavy (non-hydrogen) atoms. The molecule has 0 amide bonds. The fourth-order valence-electron chi connectivity index (χ4n) is 1.71. The summed E-state index contributed by atoms with van der Waals surface area (Å²) in [4.78, 5) is 4.25. The van der Waals surface area contributed by atoms with Crippen molar-refractivity contribution in [3.05, 3.63) is 23.8 Å². The van der Waals surface area contributed by atoms with Gasteiger partial charge in [-0.3, -0.25) is 4.99 Å². The van der Waals surface area contributed by atoms with Gasteiger partial charge >= 0.3 is 0 Å². The summed E-state index contributed by atoms with van der Waals surface area (Å²) in [7, 11) is 0. The average Bonchev–Trinajstić information content (AvgIpc) is 2.87. The van der Waals surface area contributed by atoms with E-state index in [0.29, 0.717) is 13.4 Å². The van der Waals surface area contributed by atoms with E-state index < -0.39 is 0 Å². The monoisotopic (exact) mass is 205 g/mol. The zero-order valence-electron chi connectivity index (χ0n) is 8.23. The molecule has 0 N–H and O–H groups in total. The maximum absolute atomic E-state index is 5.35. The van der Waals surface area contributed by atoms with Gasteiger partial charge in [0, 0.05) is 6.42 Å². The van der Waals surface area contributed by atoms with Crippen LogP contribution < -0.4 is 9.47 Å². The third-order valence-electron chi connectivity index (χ3n) is 2.44. The third-order valence-corrected chi connectivity index (χ3v) is 2.44. The molecule has 0 bridgehead atoms. The molecule has 0 aromatic heterocycles. The lowest BCUT2D eigenvalue weighted by atomic mass is 10.1. The number of hydrogen-bond donors (Lipinski definition) is 0. The second-order valence-electron chi connectivity index (χ2n) is 3.49. The number of hydrogen-bond acceptors (Lipinski definition) is 4. The van der Waals surface area contributed by atoms with E-state index in [2.05, 4.69) is 4.99 Å². The molecule has 0 atom stereocenters. The fraction of sp³-hybridized carbons (Fsp3) is 0.364. The highest BCUT2D eigenvalue weighted by molar-refractivity contribution is 5.80. The number of rotatable bonds is 2. The second kappa shape index (κ2) is 3.46. The van der Waals surface area contributed by atoms with Crippen LogP contribution in [0.1, 0.15) is 5.56 Å². The molecule has 1 aromatic rings. The minimum Gasteiger partial charge on any atom is -0.479 e. The summed E-state index contributed by atoms with van der Waals surface area (Å²) in [6.45, 7) is 1.80. The van der Waals surface area contributed by atoms with Gasteiger partial charge in [-0.2, -0.15) is 0 Å². The first-order valence-corrected chi connectivity index (χ1v) is 4.96. The largest absolute Gasteiger partial charge is 0.479 e. The molecule has 0 unspecified atom stereocenters. The van der Waals surface area contributed by atoms with Crippen molar-refractivity contribution in [3.63, 3.8) is 0 Å². The summed E-state index contributed by atoms with van der Waals surface area (Å²) in [6.07, 6.45) is 0.733. The standard InChI is InChI=1S/C11H11NO3/c1-2-9-10(15-7-14-9)5-8(1)6-11-12-3-4-13-11/h1-2,5H,3-4,6-7H2. The zero-order valence-corrected chi connectivity index (χ0v) is 8.23. The highest BCUT2D eigenvalue weighted by atomic mass is 16.7. The Kier molecular flexibility index (Phi) is 1.98. The van der Waals surface area contributed by atoms with E-state index in [1.165, 1.54) is 0 Å². The van der Waals surface area contributed by atoms with Crippen molar-refractivity contribution in [1.29, 1.82) is 0 Å². The van der Waals surface area contributed by atoms with Gasteiger partial charge < -0.3 is 14.2 Å². The Balaban J connectivity index is 1.80. The number of benzene rings is 1. The van der Waals surface area contributed by atoms with Gasteiger partial charge in [-0.25, -0.2) is 0 Å². The topological polar surface area (TPSA) is 40.0 Å². The van der Waals surface area contributed by atoms with Crippen LogP contribution >= 0.6 is 0 Å². The van der Waals surface area contributed by atoms with Crippen molar-refractivity contribution in [2.45, 2.75) is 6.42 Å². The molecule has 78 valence electrons. The smallest absolute Gasteiger partial charge is 0.231 e. The van der Waals surface area contributed by atoms with Gasteiger partial charge in [0.25, 0.3) is 0 Å². The lowest BCUT2D eigenvalue weighted by Gasteiger charge is -2.03. The molecule has 2 aliphatic heterocycles. The first kappa shape index (κ1) is 8.59. The molecule has 1 aromatic carbocycles. The summed E-state index contributed by atoms with van der Waals surface area (Å²) >= 11 is 0. The lowest BCUT2D eigenvalue weighted by molar-refractivity contribution is 0.174. The molecule has 0 saturated carbocycles. The summed E-state index contributed by atoms with van der Waals surface area (Å²) in [5.41, 5.74) is 1.14. The summed E-state index contributed by atoms with van der Waals surface area (Å²) in [6, 6.07) is 5.91. The van der Waals surface area contributed by atoms with E-state index in [1.807, 2.05) is 18.2 Å². The van der Waals surface area contributed by atoms with Gasteiger partial charge in [-0.15, -0.1) is 0 Å². The van der Waals surface area contributed by atoms with Gasteiger partial charge in [-0.05, 0) is 17.7 Å². The molecule has 0 spiro atoms. The first-order valence-electron chi connectivity index (χ1n) is 4.96. The number of aliphatic imine (C=N–C) groups is 1. The second-order valence-corrected chi connectivity index (χ2v) is 3.49. The van der Waals surface area contributed by atoms with Crippen LogP contribution in [0.5, 0.6) is 11.5 Å². The molecule has 4 nitrogen and oxygen atoms in total. The van der Waals surface area contributed by atoms with Crippen LogP contribution in [-0.4, -0.2) is 25.8 Å². The van der Waals surface area contributed by atoms with E-state index in [0.717, 1.165) is 35.9 Å². The molecule has 3 rings (SSSR count). The maximum atomic E-state index is 5.35. The fourth-order valence-corrected chi connectivity index (χ4v) is 1.71. The third kappa shape index (κ3) is 1.63. The van der Waals surface area contributed by atoms with Crippen LogP contribution in [0.2, 0.25) is 0 Å².